The van der Waals surface area contributed by atoms with Gasteiger partial charge in [0.05, 0.1) is 6.10 Å². The summed E-state index contributed by atoms with van der Waals surface area (Å²) in [4.78, 5) is 12.7. The molecule has 4 unspecified atom stereocenters. The molecule has 24 heavy (non-hydrogen) atoms. The van der Waals surface area contributed by atoms with Gasteiger partial charge in [0.15, 0.2) is 0 Å². The fourth-order valence-corrected chi connectivity index (χ4v) is 3.59. The maximum atomic E-state index is 10.3. The van der Waals surface area contributed by atoms with Crippen LogP contribution in [0.1, 0.15) is 23.5 Å². The summed E-state index contributed by atoms with van der Waals surface area (Å²) >= 11 is 0. The van der Waals surface area contributed by atoms with E-state index in [0.717, 1.165) is 23.5 Å². The zero-order chi connectivity index (χ0) is 16.9. The number of aryl methyl sites for hydroxylation is 1. The molecular formula is C18H24N4O2. The maximum Gasteiger partial charge on any atom is 0.125 e. The number of rotatable bonds is 6. The van der Waals surface area contributed by atoms with Crippen molar-refractivity contribution in [1.29, 1.82) is 0 Å². The molecule has 1 fully saturated rings. The minimum atomic E-state index is -0.491. The Kier molecular flexibility index (Phi) is 5.50. The summed E-state index contributed by atoms with van der Waals surface area (Å²) in [5, 5.41) is 23.5. The van der Waals surface area contributed by atoms with Crippen molar-refractivity contribution in [2.45, 2.75) is 38.5 Å². The largest absolute Gasteiger partial charge is 0.396 e. The molecule has 3 N–H and O–H groups in total. The van der Waals surface area contributed by atoms with E-state index in [1.165, 1.54) is 0 Å². The van der Waals surface area contributed by atoms with Gasteiger partial charge in [0, 0.05) is 49.4 Å². The molecule has 6 nitrogen and oxygen atoms in total. The molecule has 1 aliphatic rings. The lowest BCUT2D eigenvalue weighted by molar-refractivity contribution is 0.0716. The van der Waals surface area contributed by atoms with Crippen molar-refractivity contribution < 1.29 is 10.2 Å². The van der Waals surface area contributed by atoms with Crippen LogP contribution in [0.4, 0.5) is 0 Å². The van der Waals surface area contributed by atoms with E-state index in [4.69, 9.17) is 0 Å². The smallest absolute Gasteiger partial charge is 0.125 e. The first-order valence-corrected chi connectivity index (χ1v) is 8.37. The normalized spacial score (nSPS) is 26.6. The van der Waals surface area contributed by atoms with Crippen molar-refractivity contribution in [1.82, 2.24) is 20.3 Å². The Labute approximate surface area is 142 Å². The Balaban J connectivity index is 1.71. The zero-order valence-corrected chi connectivity index (χ0v) is 13.8. The van der Waals surface area contributed by atoms with E-state index in [0.29, 0.717) is 13.0 Å². The molecule has 0 aromatic carbocycles. The van der Waals surface area contributed by atoms with Crippen LogP contribution in [0.2, 0.25) is 0 Å². The Morgan fingerprint density at radius 2 is 2.12 bits per heavy atom. The molecule has 0 saturated heterocycles. The number of aliphatic hydroxyl groups excluding tert-OH is 2. The third-order valence-corrected chi connectivity index (χ3v) is 4.84. The minimum Gasteiger partial charge on any atom is -0.396 e. The Hall–Kier alpha value is -1.89. The molecule has 2 aromatic rings. The number of hydrogen-bond donors (Lipinski definition) is 3. The van der Waals surface area contributed by atoms with Crippen molar-refractivity contribution in [3.63, 3.8) is 0 Å². The first kappa shape index (κ1) is 17.0. The lowest BCUT2D eigenvalue weighted by Gasteiger charge is -2.25. The van der Waals surface area contributed by atoms with Gasteiger partial charge >= 0.3 is 0 Å². The molecular weight excluding hydrogens is 304 g/mol. The summed E-state index contributed by atoms with van der Waals surface area (Å²) in [6, 6.07) is 5.98. The lowest BCUT2D eigenvalue weighted by Crippen LogP contribution is -2.36. The van der Waals surface area contributed by atoms with Gasteiger partial charge in [-0.25, -0.2) is 9.97 Å². The minimum absolute atomic E-state index is 0.0129. The highest BCUT2D eigenvalue weighted by Crippen LogP contribution is 2.34. The molecule has 0 amide bonds. The van der Waals surface area contributed by atoms with Crippen LogP contribution in [-0.4, -0.2) is 43.9 Å². The second kappa shape index (κ2) is 7.79. The molecule has 3 rings (SSSR count). The van der Waals surface area contributed by atoms with Crippen LogP contribution in [0.15, 0.2) is 36.8 Å². The van der Waals surface area contributed by atoms with Crippen LogP contribution in [0.3, 0.4) is 0 Å². The van der Waals surface area contributed by atoms with E-state index < -0.39 is 6.10 Å². The van der Waals surface area contributed by atoms with Gasteiger partial charge in [-0.2, -0.15) is 0 Å². The summed E-state index contributed by atoms with van der Waals surface area (Å²) in [5.41, 5.74) is 2.06. The monoisotopic (exact) mass is 328 g/mol. The highest BCUT2D eigenvalue weighted by Gasteiger charge is 2.41. The molecule has 0 bridgehead atoms. The number of pyridine rings is 1. The van der Waals surface area contributed by atoms with Crippen LogP contribution in [0, 0.1) is 18.8 Å². The van der Waals surface area contributed by atoms with E-state index in [9.17, 15) is 10.2 Å². The quantitative estimate of drug-likeness (QED) is 0.729. The molecule has 1 saturated carbocycles. The van der Waals surface area contributed by atoms with Crippen molar-refractivity contribution in [2.24, 2.45) is 11.8 Å². The van der Waals surface area contributed by atoms with Crippen LogP contribution in [0.5, 0.6) is 0 Å². The van der Waals surface area contributed by atoms with Gasteiger partial charge in [0.25, 0.3) is 0 Å². The fourth-order valence-electron chi connectivity index (χ4n) is 3.59. The summed E-state index contributed by atoms with van der Waals surface area (Å²) in [7, 11) is 0. The molecule has 4 atom stereocenters. The summed E-state index contributed by atoms with van der Waals surface area (Å²) in [6.45, 7) is 2.55. The fraction of sp³-hybridized carbons (Fsp3) is 0.500. The second-order valence-electron chi connectivity index (χ2n) is 6.46. The number of aromatic nitrogens is 3. The topological polar surface area (TPSA) is 91.2 Å². The number of hydrogen-bond acceptors (Lipinski definition) is 6. The predicted octanol–water partition coefficient (Wildman–Crippen LogP) is 0.870. The van der Waals surface area contributed by atoms with Crippen LogP contribution in [0.25, 0.3) is 0 Å². The maximum absolute atomic E-state index is 10.3. The SMILES string of the molecule is Cc1nccc(CC2C(NCc3cccnc3)CC(O)C2CO)n1. The van der Waals surface area contributed by atoms with Gasteiger partial charge in [0.2, 0.25) is 0 Å². The Morgan fingerprint density at radius 3 is 2.83 bits per heavy atom. The van der Waals surface area contributed by atoms with Gasteiger partial charge in [-0.3, -0.25) is 4.98 Å². The standard InChI is InChI=1S/C18H24N4O2/c1-12-20-6-4-14(22-12)7-15-16(11-23)18(24)8-17(15)21-10-13-3-2-5-19-9-13/h2-6,9,15-18,21,23-24H,7-8,10-11H2,1H3. The second-order valence-corrected chi connectivity index (χ2v) is 6.46. The molecule has 1 aliphatic carbocycles. The van der Waals surface area contributed by atoms with E-state index >= 15 is 0 Å². The summed E-state index contributed by atoms with van der Waals surface area (Å²) < 4.78 is 0. The Bertz CT molecular complexity index is 652. The van der Waals surface area contributed by atoms with Crippen LogP contribution >= 0.6 is 0 Å². The van der Waals surface area contributed by atoms with Crippen molar-refractivity contribution in [3.05, 3.63) is 53.9 Å². The van der Waals surface area contributed by atoms with Crippen molar-refractivity contribution >= 4 is 0 Å². The highest BCUT2D eigenvalue weighted by atomic mass is 16.3. The van der Waals surface area contributed by atoms with Gasteiger partial charge in [0.1, 0.15) is 5.82 Å². The molecule has 128 valence electrons. The van der Waals surface area contributed by atoms with Gasteiger partial charge in [-0.15, -0.1) is 0 Å². The number of aliphatic hydroxyl groups is 2. The van der Waals surface area contributed by atoms with E-state index in [1.54, 1.807) is 12.4 Å². The van der Waals surface area contributed by atoms with E-state index in [1.807, 2.05) is 31.3 Å². The Morgan fingerprint density at radius 1 is 1.25 bits per heavy atom. The molecule has 6 heteroatoms. The van der Waals surface area contributed by atoms with Gasteiger partial charge in [-0.1, -0.05) is 6.07 Å². The zero-order valence-electron chi connectivity index (χ0n) is 13.8. The molecule has 2 heterocycles. The predicted molar refractivity (Wildman–Crippen MR) is 90.0 cm³/mol. The number of nitrogens with one attached hydrogen (secondary N) is 1. The number of nitrogens with zero attached hydrogens (tertiary/aromatic N) is 3. The molecule has 0 radical (unpaired) electrons. The third kappa shape index (κ3) is 3.95. The molecule has 2 aromatic heterocycles. The summed E-state index contributed by atoms with van der Waals surface area (Å²) in [5.74, 6) is 0.745. The van der Waals surface area contributed by atoms with Gasteiger partial charge in [-0.05, 0) is 43.4 Å². The molecule has 0 spiro atoms. The highest BCUT2D eigenvalue weighted by molar-refractivity contribution is 5.10. The lowest BCUT2D eigenvalue weighted by atomic mass is 9.88. The molecule has 0 aliphatic heterocycles. The average molecular weight is 328 g/mol. The van der Waals surface area contributed by atoms with E-state index in [-0.39, 0.29) is 24.5 Å². The summed E-state index contributed by atoms with van der Waals surface area (Å²) in [6.07, 6.45) is 6.22. The van der Waals surface area contributed by atoms with E-state index in [2.05, 4.69) is 20.3 Å². The first-order valence-electron chi connectivity index (χ1n) is 8.37. The van der Waals surface area contributed by atoms with Crippen molar-refractivity contribution in [3.8, 4) is 0 Å². The average Bonchev–Trinajstić information content (AvgIpc) is 2.88. The first-order chi connectivity index (χ1) is 11.7. The third-order valence-electron chi connectivity index (χ3n) is 4.84. The van der Waals surface area contributed by atoms with Crippen LogP contribution < -0.4 is 5.32 Å². The van der Waals surface area contributed by atoms with Crippen LogP contribution in [-0.2, 0) is 13.0 Å². The van der Waals surface area contributed by atoms with Crippen molar-refractivity contribution in [2.75, 3.05) is 6.61 Å². The van der Waals surface area contributed by atoms with Gasteiger partial charge < -0.3 is 15.5 Å².